The van der Waals surface area contributed by atoms with E-state index >= 15 is 0 Å². The van der Waals surface area contributed by atoms with Gasteiger partial charge in [0.15, 0.2) is 10.6 Å². The lowest BCUT2D eigenvalue weighted by Crippen LogP contribution is -2.21. The van der Waals surface area contributed by atoms with Gasteiger partial charge in [-0.25, -0.2) is 0 Å². The summed E-state index contributed by atoms with van der Waals surface area (Å²) in [4.78, 5) is 29.6. The van der Waals surface area contributed by atoms with E-state index in [4.69, 9.17) is 21.1 Å². The standard InChI is InChI=1S/C17H19ClN2O4S/c1-10-15(11(2)21)25-17(20(10)7-8-23-3)19-16(22)13-9-12(18)5-6-14(13)24-4/h5-6,9H,7-8H2,1-4H3/b19-17-. The molecule has 1 aromatic carbocycles. The summed E-state index contributed by atoms with van der Waals surface area (Å²) in [6, 6.07) is 4.77. The van der Waals surface area contributed by atoms with Gasteiger partial charge in [0.2, 0.25) is 0 Å². The van der Waals surface area contributed by atoms with Crippen molar-refractivity contribution in [2.75, 3.05) is 20.8 Å². The van der Waals surface area contributed by atoms with Crippen LogP contribution in [0.5, 0.6) is 5.75 Å². The monoisotopic (exact) mass is 382 g/mol. The number of nitrogens with zero attached hydrogens (tertiary/aromatic N) is 2. The molecule has 0 aliphatic heterocycles. The van der Waals surface area contributed by atoms with E-state index in [0.29, 0.717) is 33.6 Å². The number of thiazole rings is 1. The van der Waals surface area contributed by atoms with Crippen LogP contribution in [0.15, 0.2) is 23.2 Å². The Labute approximate surface area is 154 Å². The average Bonchev–Trinajstić information content (AvgIpc) is 2.88. The summed E-state index contributed by atoms with van der Waals surface area (Å²) in [7, 11) is 3.06. The molecule has 6 nitrogen and oxygen atoms in total. The van der Waals surface area contributed by atoms with Crippen molar-refractivity contribution in [3.63, 3.8) is 0 Å². The molecule has 8 heteroatoms. The van der Waals surface area contributed by atoms with Gasteiger partial charge in [-0.2, -0.15) is 4.99 Å². The number of Topliss-reactive ketones (excluding diaryl/α,β-unsaturated/α-hetero) is 1. The Morgan fingerprint density at radius 1 is 1.32 bits per heavy atom. The predicted molar refractivity (Wildman–Crippen MR) is 96.8 cm³/mol. The van der Waals surface area contributed by atoms with E-state index in [0.717, 1.165) is 5.69 Å². The maximum Gasteiger partial charge on any atom is 0.283 e. The van der Waals surface area contributed by atoms with E-state index in [1.165, 1.54) is 31.4 Å². The third-order valence-electron chi connectivity index (χ3n) is 3.59. The third kappa shape index (κ3) is 4.36. The molecule has 0 saturated carbocycles. The first-order chi connectivity index (χ1) is 11.9. The van der Waals surface area contributed by atoms with Crippen LogP contribution in [-0.4, -0.2) is 37.1 Å². The minimum atomic E-state index is -0.484. The largest absolute Gasteiger partial charge is 0.496 e. The molecule has 1 heterocycles. The lowest BCUT2D eigenvalue weighted by molar-refractivity contribution is 0.0992. The molecule has 2 aromatic rings. The number of benzene rings is 1. The first-order valence-corrected chi connectivity index (χ1v) is 8.71. The fourth-order valence-corrected chi connectivity index (χ4v) is 3.56. The van der Waals surface area contributed by atoms with Crippen LogP contribution in [0.2, 0.25) is 5.02 Å². The van der Waals surface area contributed by atoms with Gasteiger partial charge in [-0.3, -0.25) is 9.59 Å². The summed E-state index contributed by atoms with van der Waals surface area (Å²) < 4.78 is 12.1. The Morgan fingerprint density at radius 3 is 2.64 bits per heavy atom. The second-order valence-corrected chi connectivity index (χ2v) is 6.68. The van der Waals surface area contributed by atoms with Crippen LogP contribution in [-0.2, 0) is 11.3 Å². The molecule has 0 fully saturated rings. The Balaban J connectivity index is 2.56. The maximum absolute atomic E-state index is 12.6. The lowest BCUT2D eigenvalue weighted by Gasteiger charge is -2.07. The van der Waals surface area contributed by atoms with Crippen LogP contribution < -0.4 is 9.54 Å². The number of hydrogen-bond donors (Lipinski definition) is 0. The Morgan fingerprint density at radius 2 is 2.04 bits per heavy atom. The summed E-state index contributed by atoms with van der Waals surface area (Å²) in [5.41, 5.74) is 1.03. The highest BCUT2D eigenvalue weighted by atomic mass is 35.5. The molecule has 134 valence electrons. The molecule has 0 unspecified atom stereocenters. The van der Waals surface area contributed by atoms with E-state index < -0.39 is 5.91 Å². The molecule has 0 N–H and O–H groups in total. The van der Waals surface area contributed by atoms with Gasteiger partial charge in [0.05, 0.1) is 24.2 Å². The van der Waals surface area contributed by atoms with Gasteiger partial charge in [0.25, 0.3) is 5.91 Å². The van der Waals surface area contributed by atoms with Crippen molar-refractivity contribution >= 4 is 34.6 Å². The van der Waals surface area contributed by atoms with Gasteiger partial charge in [0.1, 0.15) is 5.75 Å². The topological polar surface area (TPSA) is 69.9 Å². The Bertz CT molecular complexity index is 870. The van der Waals surface area contributed by atoms with Gasteiger partial charge >= 0.3 is 0 Å². The van der Waals surface area contributed by atoms with Gasteiger partial charge in [-0.1, -0.05) is 22.9 Å². The third-order valence-corrected chi connectivity index (χ3v) is 5.10. The number of rotatable bonds is 6. The maximum atomic E-state index is 12.6. The van der Waals surface area contributed by atoms with Crippen LogP contribution in [0.4, 0.5) is 0 Å². The van der Waals surface area contributed by atoms with Crippen molar-refractivity contribution in [1.82, 2.24) is 4.57 Å². The molecule has 2 rings (SSSR count). The first kappa shape index (κ1) is 19.4. The molecular weight excluding hydrogens is 364 g/mol. The van der Waals surface area contributed by atoms with Crippen LogP contribution in [0.25, 0.3) is 0 Å². The van der Waals surface area contributed by atoms with Gasteiger partial charge in [0, 0.05) is 31.3 Å². The highest BCUT2D eigenvalue weighted by Crippen LogP contribution is 2.23. The van der Waals surface area contributed by atoms with Gasteiger partial charge in [-0.05, 0) is 25.1 Å². The van der Waals surface area contributed by atoms with Crippen LogP contribution in [0.1, 0.15) is 32.6 Å². The zero-order valence-corrected chi connectivity index (χ0v) is 16.0. The molecule has 0 spiro atoms. The Hall–Kier alpha value is -1.96. The number of ketones is 1. The predicted octanol–water partition coefficient (Wildman–Crippen LogP) is 3.11. The first-order valence-electron chi connectivity index (χ1n) is 7.51. The molecule has 0 aliphatic carbocycles. The van der Waals surface area contributed by atoms with Crippen LogP contribution in [0, 0.1) is 6.92 Å². The van der Waals surface area contributed by atoms with E-state index in [2.05, 4.69) is 4.99 Å². The number of ether oxygens (including phenoxy) is 2. The molecule has 0 radical (unpaired) electrons. The number of halogens is 1. The summed E-state index contributed by atoms with van der Waals surface area (Å²) in [6.45, 7) is 4.25. The number of aromatic nitrogens is 1. The lowest BCUT2D eigenvalue weighted by atomic mass is 10.2. The minimum Gasteiger partial charge on any atom is -0.496 e. The zero-order valence-electron chi connectivity index (χ0n) is 14.5. The number of carbonyl (C=O) groups excluding carboxylic acids is 2. The summed E-state index contributed by atoms with van der Waals surface area (Å²) >= 11 is 7.16. The quantitative estimate of drug-likeness (QED) is 0.720. The van der Waals surface area contributed by atoms with E-state index in [-0.39, 0.29) is 11.3 Å². The van der Waals surface area contributed by atoms with Crippen LogP contribution in [0.3, 0.4) is 0 Å². The van der Waals surface area contributed by atoms with Gasteiger partial charge < -0.3 is 14.0 Å². The second-order valence-electron chi connectivity index (χ2n) is 5.26. The fraction of sp³-hybridized carbons (Fsp3) is 0.353. The summed E-state index contributed by atoms with van der Waals surface area (Å²) in [5.74, 6) is -0.161. The molecule has 1 aromatic heterocycles. The number of methoxy groups -OCH3 is 2. The number of carbonyl (C=O) groups is 2. The van der Waals surface area contributed by atoms with Crippen molar-refractivity contribution in [1.29, 1.82) is 0 Å². The van der Waals surface area contributed by atoms with Crippen molar-refractivity contribution in [2.45, 2.75) is 20.4 Å². The Kier molecular flexibility index (Phi) is 6.52. The molecular formula is C17H19ClN2O4S. The van der Waals surface area contributed by atoms with Gasteiger partial charge in [-0.15, -0.1) is 0 Å². The molecule has 25 heavy (non-hydrogen) atoms. The van der Waals surface area contributed by atoms with Crippen molar-refractivity contribution < 1.29 is 19.1 Å². The zero-order chi connectivity index (χ0) is 18.6. The smallest absolute Gasteiger partial charge is 0.283 e. The van der Waals surface area contributed by atoms with Crippen molar-refractivity contribution in [3.05, 3.63) is 44.2 Å². The van der Waals surface area contributed by atoms with Crippen LogP contribution >= 0.6 is 22.9 Å². The molecule has 1 amide bonds. The second kappa shape index (κ2) is 8.42. The number of amides is 1. The highest BCUT2D eigenvalue weighted by molar-refractivity contribution is 7.11. The summed E-state index contributed by atoms with van der Waals surface area (Å²) in [6.07, 6.45) is 0. The number of hydrogen-bond acceptors (Lipinski definition) is 5. The molecule has 0 aliphatic rings. The molecule has 0 bridgehead atoms. The molecule has 0 saturated heterocycles. The van der Waals surface area contributed by atoms with E-state index in [9.17, 15) is 9.59 Å². The fourth-order valence-electron chi connectivity index (χ4n) is 2.34. The van der Waals surface area contributed by atoms with E-state index in [1.54, 1.807) is 23.8 Å². The summed E-state index contributed by atoms with van der Waals surface area (Å²) in [5, 5.41) is 0.415. The highest BCUT2D eigenvalue weighted by Gasteiger charge is 2.16. The average molecular weight is 383 g/mol. The van der Waals surface area contributed by atoms with Crippen molar-refractivity contribution in [2.24, 2.45) is 4.99 Å². The van der Waals surface area contributed by atoms with E-state index in [1.807, 2.05) is 6.92 Å². The molecule has 0 atom stereocenters. The minimum absolute atomic E-state index is 0.0668. The van der Waals surface area contributed by atoms with Crippen molar-refractivity contribution in [3.8, 4) is 5.75 Å². The normalized spacial score (nSPS) is 11.6. The SMILES string of the molecule is COCCn1c(C)c(C(C)=O)s/c1=N\C(=O)c1cc(Cl)ccc1OC.